The van der Waals surface area contributed by atoms with Gasteiger partial charge in [0, 0.05) is 5.69 Å². The number of rotatable bonds is 7. The van der Waals surface area contributed by atoms with Gasteiger partial charge in [-0.1, -0.05) is 54.6 Å². The number of nitrogens with zero attached hydrogens (tertiary/aromatic N) is 1. The summed E-state index contributed by atoms with van der Waals surface area (Å²) >= 11 is 0. The van der Waals surface area contributed by atoms with Crippen LogP contribution in [0, 0.1) is 11.3 Å². The Hall–Kier alpha value is -4.56. The molecule has 4 aromatic rings. The van der Waals surface area contributed by atoms with E-state index in [1.807, 2.05) is 54.6 Å². The van der Waals surface area contributed by atoms with Gasteiger partial charge in [0.05, 0.1) is 7.11 Å². The van der Waals surface area contributed by atoms with Crippen LogP contribution < -0.4 is 14.8 Å². The third kappa shape index (κ3) is 5.38. The van der Waals surface area contributed by atoms with Gasteiger partial charge in [-0.25, -0.2) is 0 Å². The maximum atomic E-state index is 12.6. The summed E-state index contributed by atoms with van der Waals surface area (Å²) in [5, 5.41) is 14.6. The average Bonchev–Trinajstić information content (AvgIpc) is 2.86. The van der Waals surface area contributed by atoms with Crippen molar-refractivity contribution in [1.82, 2.24) is 0 Å². The number of benzene rings is 4. The molecule has 0 unspecified atom stereocenters. The summed E-state index contributed by atoms with van der Waals surface area (Å²) in [4.78, 5) is 12.6. The van der Waals surface area contributed by atoms with Gasteiger partial charge in [0.15, 0.2) is 0 Å². The van der Waals surface area contributed by atoms with E-state index >= 15 is 0 Å². The molecule has 5 heteroatoms. The third-order valence-electron chi connectivity index (χ3n) is 5.16. The van der Waals surface area contributed by atoms with E-state index in [9.17, 15) is 10.1 Å². The van der Waals surface area contributed by atoms with Gasteiger partial charge >= 0.3 is 0 Å². The summed E-state index contributed by atoms with van der Waals surface area (Å²) in [6.07, 6.45) is 1.55. The van der Waals surface area contributed by atoms with Crippen LogP contribution in [-0.4, -0.2) is 13.0 Å². The Morgan fingerprint density at radius 2 is 1.70 bits per heavy atom. The number of carbonyl (C=O) groups excluding carboxylic acids is 1. The molecule has 0 radical (unpaired) electrons. The quantitative estimate of drug-likeness (QED) is 0.287. The summed E-state index contributed by atoms with van der Waals surface area (Å²) in [5.74, 6) is 0.860. The molecule has 162 valence electrons. The summed E-state index contributed by atoms with van der Waals surface area (Å²) in [6, 6.07) is 30.5. The topological polar surface area (TPSA) is 71.3 Å². The van der Waals surface area contributed by atoms with Crippen molar-refractivity contribution in [2.24, 2.45) is 0 Å². The molecule has 0 aliphatic heterocycles. The van der Waals surface area contributed by atoms with E-state index in [0.29, 0.717) is 29.4 Å². The van der Waals surface area contributed by atoms with Gasteiger partial charge in [-0.2, -0.15) is 5.26 Å². The molecule has 0 heterocycles. The molecule has 0 bridgehead atoms. The Balaban J connectivity index is 1.47. The van der Waals surface area contributed by atoms with Crippen molar-refractivity contribution in [1.29, 1.82) is 5.26 Å². The van der Waals surface area contributed by atoms with Crippen LogP contribution in [0.5, 0.6) is 11.5 Å². The van der Waals surface area contributed by atoms with Crippen LogP contribution >= 0.6 is 0 Å². The summed E-state index contributed by atoms with van der Waals surface area (Å²) in [5.41, 5.74) is 2.36. The predicted molar refractivity (Wildman–Crippen MR) is 130 cm³/mol. The molecule has 0 fully saturated rings. The second kappa shape index (κ2) is 10.2. The zero-order valence-electron chi connectivity index (χ0n) is 18.1. The predicted octanol–water partition coefficient (Wildman–Crippen LogP) is 5.97. The van der Waals surface area contributed by atoms with E-state index in [2.05, 4.69) is 23.5 Å². The summed E-state index contributed by atoms with van der Waals surface area (Å²) < 4.78 is 11.1. The number of hydrogen-bond acceptors (Lipinski definition) is 4. The van der Waals surface area contributed by atoms with Gasteiger partial charge in [0.25, 0.3) is 5.91 Å². The molecular formula is C28H22N2O3. The van der Waals surface area contributed by atoms with E-state index in [1.165, 1.54) is 0 Å². The number of carbonyl (C=O) groups is 1. The molecule has 0 aliphatic carbocycles. The lowest BCUT2D eigenvalue weighted by molar-refractivity contribution is -0.112. The van der Waals surface area contributed by atoms with Gasteiger partial charge in [0.1, 0.15) is 29.7 Å². The fourth-order valence-electron chi connectivity index (χ4n) is 3.46. The lowest BCUT2D eigenvalue weighted by Crippen LogP contribution is -2.13. The highest BCUT2D eigenvalue weighted by Gasteiger charge is 2.10. The van der Waals surface area contributed by atoms with Crippen LogP contribution in [0.4, 0.5) is 5.69 Å². The molecule has 0 aromatic heterocycles. The van der Waals surface area contributed by atoms with Gasteiger partial charge in [-0.15, -0.1) is 0 Å². The lowest BCUT2D eigenvalue weighted by Gasteiger charge is -2.10. The average molecular weight is 434 g/mol. The molecule has 33 heavy (non-hydrogen) atoms. The third-order valence-corrected chi connectivity index (χ3v) is 5.16. The smallest absolute Gasteiger partial charge is 0.266 e. The van der Waals surface area contributed by atoms with Crippen LogP contribution in [0.15, 0.2) is 96.6 Å². The molecule has 0 saturated carbocycles. The molecule has 0 spiro atoms. The highest BCUT2D eigenvalue weighted by atomic mass is 16.5. The van der Waals surface area contributed by atoms with Crippen LogP contribution in [0.25, 0.3) is 16.8 Å². The molecule has 1 N–H and O–H groups in total. The first-order valence-corrected chi connectivity index (χ1v) is 10.4. The Labute approximate surface area is 192 Å². The minimum atomic E-state index is -0.482. The Kier molecular flexibility index (Phi) is 6.67. The first kappa shape index (κ1) is 21.7. The lowest BCUT2D eigenvalue weighted by atomic mass is 10.1. The number of amides is 1. The molecule has 5 nitrogen and oxygen atoms in total. The molecule has 0 saturated heterocycles. The van der Waals surface area contributed by atoms with E-state index in [1.54, 1.807) is 37.5 Å². The van der Waals surface area contributed by atoms with Gasteiger partial charge in [-0.05, 0) is 64.4 Å². The zero-order chi connectivity index (χ0) is 23.0. The van der Waals surface area contributed by atoms with Crippen molar-refractivity contribution in [3.63, 3.8) is 0 Å². The molecular weight excluding hydrogens is 412 g/mol. The van der Waals surface area contributed by atoms with Crippen LogP contribution in [0.3, 0.4) is 0 Å². The van der Waals surface area contributed by atoms with Gasteiger partial charge in [-0.3, -0.25) is 4.79 Å². The number of nitriles is 1. The minimum absolute atomic E-state index is 0.00276. The Morgan fingerprint density at radius 1 is 0.939 bits per heavy atom. The van der Waals surface area contributed by atoms with E-state index in [0.717, 1.165) is 16.3 Å². The normalized spacial score (nSPS) is 11.0. The SMILES string of the molecule is COc1ccc(NC(=O)/C(C#N)=C/c2cccc(OCc3cccc4ccccc34)c2)cc1. The molecule has 0 atom stereocenters. The van der Waals surface area contributed by atoms with Crippen molar-refractivity contribution in [3.05, 3.63) is 108 Å². The Morgan fingerprint density at radius 3 is 2.48 bits per heavy atom. The molecule has 1 amide bonds. The van der Waals surface area contributed by atoms with E-state index < -0.39 is 5.91 Å². The standard InChI is InChI=1S/C28H22N2O3/c1-32-25-14-12-24(13-15-25)30-28(31)23(18-29)16-20-6-4-10-26(17-20)33-19-22-9-5-8-21-7-2-3-11-27(21)22/h2-17H,19H2,1H3,(H,30,31)/b23-16+. The molecule has 4 aromatic carbocycles. The maximum Gasteiger partial charge on any atom is 0.266 e. The monoisotopic (exact) mass is 434 g/mol. The number of anilines is 1. The van der Waals surface area contributed by atoms with Crippen molar-refractivity contribution >= 4 is 28.4 Å². The summed E-state index contributed by atoms with van der Waals surface area (Å²) in [6.45, 7) is 0.414. The summed E-state index contributed by atoms with van der Waals surface area (Å²) in [7, 11) is 1.57. The maximum absolute atomic E-state index is 12.6. The van der Waals surface area contributed by atoms with Crippen molar-refractivity contribution in [2.45, 2.75) is 6.61 Å². The van der Waals surface area contributed by atoms with Crippen molar-refractivity contribution in [2.75, 3.05) is 12.4 Å². The second-order valence-electron chi connectivity index (χ2n) is 7.35. The fourth-order valence-corrected chi connectivity index (χ4v) is 3.46. The van der Waals surface area contributed by atoms with Crippen molar-refractivity contribution < 1.29 is 14.3 Å². The Bertz CT molecular complexity index is 1350. The largest absolute Gasteiger partial charge is 0.497 e. The molecule has 0 aliphatic rings. The van der Waals surface area contributed by atoms with E-state index in [4.69, 9.17) is 9.47 Å². The van der Waals surface area contributed by atoms with Crippen LogP contribution in [0.2, 0.25) is 0 Å². The number of hydrogen-bond donors (Lipinski definition) is 1. The minimum Gasteiger partial charge on any atom is -0.497 e. The number of fused-ring (bicyclic) bond motifs is 1. The molecule has 4 rings (SSSR count). The number of ether oxygens (including phenoxy) is 2. The van der Waals surface area contributed by atoms with Gasteiger partial charge in [0.2, 0.25) is 0 Å². The van der Waals surface area contributed by atoms with Crippen LogP contribution in [0.1, 0.15) is 11.1 Å². The fraction of sp³-hybridized carbons (Fsp3) is 0.0714. The zero-order valence-corrected chi connectivity index (χ0v) is 18.1. The van der Waals surface area contributed by atoms with Gasteiger partial charge < -0.3 is 14.8 Å². The highest BCUT2D eigenvalue weighted by Crippen LogP contribution is 2.22. The first-order chi connectivity index (χ1) is 16.2. The highest BCUT2D eigenvalue weighted by molar-refractivity contribution is 6.09. The first-order valence-electron chi connectivity index (χ1n) is 10.4. The van der Waals surface area contributed by atoms with E-state index in [-0.39, 0.29) is 5.57 Å². The number of methoxy groups -OCH3 is 1. The van der Waals surface area contributed by atoms with Crippen LogP contribution in [-0.2, 0) is 11.4 Å². The number of nitrogens with one attached hydrogen (secondary N) is 1. The van der Waals surface area contributed by atoms with Crippen molar-refractivity contribution in [3.8, 4) is 17.6 Å². The second-order valence-corrected chi connectivity index (χ2v) is 7.35.